The first-order valence-corrected chi connectivity index (χ1v) is 7.81. The number of hydrogen-bond acceptors (Lipinski definition) is 4. The summed E-state index contributed by atoms with van der Waals surface area (Å²) in [5.74, 6) is 0. The fraction of sp³-hybridized carbons (Fsp3) is 1.00. The van der Waals surface area contributed by atoms with Gasteiger partial charge in [0.25, 0.3) is 0 Å². The van der Waals surface area contributed by atoms with Gasteiger partial charge in [-0.25, -0.2) is 0 Å². The van der Waals surface area contributed by atoms with Gasteiger partial charge < -0.3 is 18.6 Å². The van der Waals surface area contributed by atoms with Crippen molar-refractivity contribution in [2.75, 3.05) is 46.8 Å². The smallest absolute Gasteiger partial charge is 0.171 e. The Hall–Kier alpha value is 0.0569. The summed E-state index contributed by atoms with van der Waals surface area (Å²) in [7, 11) is 0.787. The van der Waals surface area contributed by atoms with Gasteiger partial charge in [-0.05, 0) is 13.1 Å². The number of hydrogen-bond donors (Lipinski definition) is 0. The maximum Gasteiger partial charge on any atom is 0.171 e. The summed E-state index contributed by atoms with van der Waals surface area (Å²) in [4.78, 5) is 0. The molecule has 0 fully saturated rings. The van der Waals surface area contributed by atoms with Crippen LogP contribution in [-0.4, -0.2) is 55.8 Å². The molecule has 0 unspecified atom stereocenters. The first kappa shape index (κ1) is 14.1. The molecule has 0 saturated carbocycles. The van der Waals surface area contributed by atoms with Gasteiger partial charge in [0.15, 0.2) is 9.04 Å². The Morgan fingerprint density at radius 1 is 0.786 bits per heavy atom. The highest BCUT2D eigenvalue weighted by Crippen LogP contribution is 1.85. The summed E-state index contributed by atoms with van der Waals surface area (Å²) < 4.78 is 20.8. The molecule has 0 aromatic heterocycles. The van der Waals surface area contributed by atoms with Crippen LogP contribution in [0.4, 0.5) is 0 Å². The first-order chi connectivity index (χ1) is 6.77. The van der Waals surface area contributed by atoms with Crippen molar-refractivity contribution in [3.63, 3.8) is 0 Å². The molecular formula is C9H22O4Si. The maximum absolute atomic E-state index is 5.44. The minimum atomic E-state index is -0.873. The lowest BCUT2D eigenvalue weighted by atomic mass is 10.7. The summed E-state index contributed by atoms with van der Waals surface area (Å²) in [6.45, 7) is 8.20. The standard InChI is InChI=1S/C9H22O4Si/c1-10-4-5-11-6-7-12-8-9-13-14(2)3/h14H,4-9H2,1-3H3. The number of rotatable bonds is 10. The Balaban J connectivity index is 2.85. The minimum Gasteiger partial charge on any atom is -0.418 e. The molecule has 0 aliphatic rings. The zero-order chi connectivity index (χ0) is 10.6. The van der Waals surface area contributed by atoms with Crippen LogP contribution in [0.25, 0.3) is 0 Å². The largest absolute Gasteiger partial charge is 0.418 e. The Kier molecular flexibility index (Phi) is 11.2. The van der Waals surface area contributed by atoms with Gasteiger partial charge >= 0.3 is 0 Å². The topological polar surface area (TPSA) is 36.9 Å². The third-order valence-electron chi connectivity index (χ3n) is 1.48. The average molecular weight is 222 g/mol. The molecule has 86 valence electrons. The molecule has 0 aromatic rings. The first-order valence-electron chi connectivity index (χ1n) is 5.03. The van der Waals surface area contributed by atoms with E-state index in [0.717, 1.165) is 0 Å². The highest BCUT2D eigenvalue weighted by molar-refractivity contribution is 6.48. The fourth-order valence-corrected chi connectivity index (χ4v) is 1.37. The highest BCUT2D eigenvalue weighted by atomic mass is 28.3. The number of methoxy groups -OCH3 is 1. The van der Waals surface area contributed by atoms with Crippen LogP contribution in [0.3, 0.4) is 0 Å². The van der Waals surface area contributed by atoms with Crippen LogP contribution in [0.15, 0.2) is 0 Å². The van der Waals surface area contributed by atoms with Crippen molar-refractivity contribution in [2.45, 2.75) is 13.1 Å². The number of ether oxygens (including phenoxy) is 3. The molecule has 0 spiro atoms. The average Bonchev–Trinajstić information content (AvgIpc) is 2.15. The predicted molar refractivity (Wildman–Crippen MR) is 58.3 cm³/mol. The Labute approximate surface area is 88.2 Å². The lowest BCUT2D eigenvalue weighted by Crippen LogP contribution is -2.15. The lowest BCUT2D eigenvalue weighted by Gasteiger charge is -2.07. The molecule has 0 aromatic carbocycles. The molecule has 0 N–H and O–H groups in total. The fourth-order valence-electron chi connectivity index (χ4n) is 0.807. The van der Waals surface area contributed by atoms with Gasteiger partial charge in [0.05, 0.1) is 39.6 Å². The van der Waals surface area contributed by atoms with Crippen LogP contribution in [0.1, 0.15) is 0 Å². The van der Waals surface area contributed by atoms with E-state index in [4.69, 9.17) is 18.6 Å². The summed E-state index contributed by atoms with van der Waals surface area (Å²) >= 11 is 0. The summed E-state index contributed by atoms with van der Waals surface area (Å²) in [6, 6.07) is 0. The molecule has 0 bridgehead atoms. The maximum atomic E-state index is 5.44. The Morgan fingerprint density at radius 2 is 1.29 bits per heavy atom. The molecule has 0 amide bonds. The Morgan fingerprint density at radius 3 is 1.79 bits per heavy atom. The zero-order valence-electron chi connectivity index (χ0n) is 9.45. The monoisotopic (exact) mass is 222 g/mol. The SMILES string of the molecule is COCCOCCOCCO[SiH](C)C. The van der Waals surface area contributed by atoms with Crippen molar-refractivity contribution in [1.29, 1.82) is 0 Å². The van der Waals surface area contributed by atoms with Crippen molar-refractivity contribution in [3.05, 3.63) is 0 Å². The van der Waals surface area contributed by atoms with Gasteiger partial charge in [-0.1, -0.05) is 0 Å². The van der Waals surface area contributed by atoms with Crippen LogP contribution < -0.4 is 0 Å². The van der Waals surface area contributed by atoms with Gasteiger partial charge in [0, 0.05) is 7.11 Å². The molecule has 0 heterocycles. The van der Waals surface area contributed by atoms with E-state index < -0.39 is 9.04 Å². The van der Waals surface area contributed by atoms with Gasteiger partial charge in [0.1, 0.15) is 0 Å². The second-order valence-electron chi connectivity index (χ2n) is 3.14. The second-order valence-corrected chi connectivity index (χ2v) is 5.57. The van der Waals surface area contributed by atoms with Crippen molar-refractivity contribution in [3.8, 4) is 0 Å². The molecule has 0 rings (SSSR count). The normalized spacial score (nSPS) is 11.1. The molecule has 0 saturated heterocycles. The van der Waals surface area contributed by atoms with Crippen LogP contribution in [-0.2, 0) is 18.6 Å². The molecule has 5 heteroatoms. The van der Waals surface area contributed by atoms with Gasteiger partial charge in [-0.3, -0.25) is 0 Å². The Bertz CT molecular complexity index is 111. The van der Waals surface area contributed by atoms with Crippen LogP contribution in [0.2, 0.25) is 13.1 Å². The summed E-state index contributed by atoms with van der Waals surface area (Å²) in [5, 5.41) is 0. The van der Waals surface area contributed by atoms with Gasteiger partial charge in [0.2, 0.25) is 0 Å². The van der Waals surface area contributed by atoms with Crippen molar-refractivity contribution >= 4 is 9.04 Å². The molecule has 0 aliphatic carbocycles. The van der Waals surface area contributed by atoms with Crippen LogP contribution in [0, 0.1) is 0 Å². The third-order valence-corrected chi connectivity index (χ3v) is 2.39. The van der Waals surface area contributed by atoms with E-state index in [2.05, 4.69) is 13.1 Å². The summed E-state index contributed by atoms with van der Waals surface area (Å²) in [5.41, 5.74) is 0. The molecule has 0 radical (unpaired) electrons. The summed E-state index contributed by atoms with van der Waals surface area (Å²) in [6.07, 6.45) is 0. The van der Waals surface area contributed by atoms with E-state index in [0.29, 0.717) is 39.6 Å². The third kappa shape index (κ3) is 12.1. The van der Waals surface area contributed by atoms with Gasteiger partial charge in [-0.15, -0.1) is 0 Å². The van der Waals surface area contributed by atoms with E-state index in [1.165, 1.54) is 0 Å². The van der Waals surface area contributed by atoms with Crippen LogP contribution in [0.5, 0.6) is 0 Å². The second kappa shape index (κ2) is 11.1. The lowest BCUT2D eigenvalue weighted by molar-refractivity contribution is 0.0178. The molecule has 0 aliphatic heterocycles. The predicted octanol–water partition coefficient (Wildman–Crippen LogP) is 0.666. The van der Waals surface area contributed by atoms with E-state index >= 15 is 0 Å². The molecular weight excluding hydrogens is 200 g/mol. The molecule has 0 atom stereocenters. The highest BCUT2D eigenvalue weighted by Gasteiger charge is 1.94. The van der Waals surface area contributed by atoms with Crippen molar-refractivity contribution in [2.24, 2.45) is 0 Å². The van der Waals surface area contributed by atoms with E-state index in [1.54, 1.807) is 7.11 Å². The van der Waals surface area contributed by atoms with Crippen molar-refractivity contribution in [1.82, 2.24) is 0 Å². The quantitative estimate of drug-likeness (QED) is 0.402. The van der Waals surface area contributed by atoms with E-state index in [1.807, 2.05) is 0 Å². The van der Waals surface area contributed by atoms with E-state index in [-0.39, 0.29) is 0 Å². The zero-order valence-corrected chi connectivity index (χ0v) is 10.6. The van der Waals surface area contributed by atoms with Crippen LogP contribution >= 0.6 is 0 Å². The molecule has 4 nitrogen and oxygen atoms in total. The minimum absolute atomic E-state index is 0.627. The van der Waals surface area contributed by atoms with Crippen molar-refractivity contribution < 1.29 is 18.6 Å². The van der Waals surface area contributed by atoms with E-state index in [9.17, 15) is 0 Å². The molecule has 14 heavy (non-hydrogen) atoms. The van der Waals surface area contributed by atoms with Gasteiger partial charge in [-0.2, -0.15) is 0 Å².